The number of hydrogen-bond acceptors (Lipinski definition) is 4. The number of aromatic hydroxyl groups is 1. The van der Waals surface area contributed by atoms with Gasteiger partial charge in [0.1, 0.15) is 18.1 Å². The molecule has 0 unspecified atom stereocenters. The summed E-state index contributed by atoms with van der Waals surface area (Å²) in [5, 5.41) is 11.5. The molecule has 5 heteroatoms. The Morgan fingerprint density at radius 3 is 2.70 bits per heavy atom. The minimum atomic E-state index is 0.157. The number of phenols is 1. The number of anilines is 1. The van der Waals surface area contributed by atoms with E-state index in [4.69, 9.17) is 22.2 Å². The molecular formula is C15H17ClN2O2. The van der Waals surface area contributed by atoms with E-state index < -0.39 is 0 Å². The number of rotatable bonds is 4. The first-order valence-corrected chi connectivity index (χ1v) is 6.55. The van der Waals surface area contributed by atoms with Crippen LogP contribution < -0.4 is 15.6 Å². The molecule has 0 fully saturated rings. The van der Waals surface area contributed by atoms with Crippen LogP contribution in [0.3, 0.4) is 0 Å². The number of ether oxygens (including phenoxy) is 1. The van der Waals surface area contributed by atoms with Gasteiger partial charge >= 0.3 is 0 Å². The summed E-state index contributed by atoms with van der Waals surface area (Å²) in [6.07, 6.45) is 0. The van der Waals surface area contributed by atoms with E-state index in [2.05, 4.69) is 0 Å². The first kappa shape index (κ1) is 14.5. The van der Waals surface area contributed by atoms with Crippen molar-refractivity contribution in [1.82, 2.24) is 0 Å². The van der Waals surface area contributed by atoms with E-state index in [-0.39, 0.29) is 5.75 Å². The van der Waals surface area contributed by atoms with Crippen molar-refractivity contribution in [2.24, 2.45) is 5.84 Å². The Balaban J connectivity index is 2.19. The monoisotopic (exact) mass is 292 g/mol. The standard InChI is InChI=1S/C15H17ClN2O2/c1-10-7-15(12(16)8-14(10)19)20-9-11-5-3-4-6-13(11)18(2)17/h3-8,19H,9,17H2,1-2H3. The number of nitrogens with two attached hydrogens (primary N) is 1. The van der Waals surface area contributed by atoms with E-state index in [9.17, 15) is 5.11 Å². The Morgan fingerprint density at radius 1 is 1.30 bits per heavy atom. The summed E-state index contributed by atoms with van der Waals surface area (Å²) in [4.78, 5) is 0. The Bertz CT molecular complexity index is 615. The number of para-hydroxylation sites is 1. The Labute approximate surface area is 123 Å². The van der Waals surface area contributed by atoms with E-state index in [1.54, 1.807) is 25.0 Å². The van der Waals surface area contributed by atoms with Crippen molar-refractivity contribution >= 4 is 17.3 Å². The van der Waals surface area contributed by atoms with Crippen LogP contribution in [0.25, 0.3) is 0 Å². The summed E-state index contributed by atoms with van der Waals surface area (Å²) in [5.74, 6) is 6.47. The number of aryl methyl sites for hydroxylation is 1. The van der Waals surface area contributed by atoms with Crippen molar-refractivity contribution in [1.29, 1.82) is 0 Å². The maximum absolute atomic E-state index is 9.56. The van der Waals surface area contributed by atoms with E-state index in [0.29, 0.717) is 22.9 Å². The Kier molecular flexibility index (Phi) is 4.37. The highest BCUT2D eigenvalue weighted by Crippen LogP contribution is 2.32. The molecule has 4 nitrogen and oxygen atoms in total. The van der Waals surface area contributed by atoms with Gasteiger partial charge < -0.3 is 14.9 Å². The van der Waals surface area contributed by atoms with Crippen molar-refractivity contribution in [3.8, 4) is 11.5 Å². The van der Waals surface area contributed by atoms with Crippen LogP contribution in [0.2, 0.25) is 5.02 Å². The molecular weight excluding hydrogens is 276 g/mol. The third-order valence-electron chi connectivity index (χ3n) is 3.01. The van der Waals surface area contributed by atoms with Crippen LogP contribution in [0, 0.1) is 6.92 Å². The van der Waals surface area contributed by atoms with Gasteiger partial charge in [-0.25, -0.2) is 5.84 Å². The zero-order valence-electron chi connectivity index (χ0n) is 11.4. The molecule has 0 aromatic heterocycles. The van der Waals surface area contributed by atoms with Crippen LogP contribution >= 0.6 is 11.6 Å². The number of halogens is 1. The molecule has 0 aliphatic rings. The Morgan fingerprint density at radius 2 is 2.00 bits per heavy atom. The molecule has 0 bridgehead atoms. The molecule has 0 aliphatic heterocycles. The lowest BCUT2D eigenvalue weighted by Crippen LogP contribution is -2.26. The zero-order chi connectivity index (χ0) is 14.7. The summed E-state index contributed by atoms with van der Waals surface area (Å²) >= 11 is 6.05. The van der Waals surface area contributed by atoms with Gasteiger partial charge in [0.05, 0.1) is 10.7 Å². The molecule has 2 aromatic carbocycles. The first-order chi connectivity index (χ1) is 9.49. The van der Waals surface area contributed by atoms with Gasteiger partial charge in [0.2, 0.25) is 0 Å². The molecule has 2 rings (SSSR count). The van der Waals surface area contributed by atoms with Gasteiger partial charge in [-0.15, -0.1) is 0 Å². The van der Waals surface area contributed by atoms with Gasteiger partial charge in [0, 0.05) is 18.7 Å². The second kappa shape index (κ2) is 6.03. The quantitative estimate of drug-likeness (QED) is 0.671. The average Bonchev–Trinajstić information content (AvgIpc) is 2.41. The van der Waals surface area contributed by atoms with E-state index in [0.717, 1.165) is 11.3 Å². The van der Waals surface area contributed by atoms with E-state index in [1.807, 2.05) is 24.3 Å². The maximum Gasteiger partial charge on any atom is 0.138 e. The lowest BCUT2D eigenvalue weighted by atomic mass is 10.2. The smallest absolute Gasteiger partial charge is 0.138 e. The molecule has 3 N–H and O–H groups in total. The molecule has 0 saturated heterocycles. The van der Waals surface area contributed by atoms with Crippen LogP contribution in [0.1, 0.15) is 11.1 Å². The largest absolute Gasteiger partial charge is 0.508 e. The van der Waals surface area contributed by atoms with Gasteiger partial charge in [0.15, 0.2) is 0 Å². The summed E-state index contributed by atoms with van der Waals surface area (Å²) < 4.78 is 5.72. The fourth-order valence-electron chi connectivity index (χ4n) is 1.89. The second-order valence-electron chi connectivity index (χ2n) is 4.60. The molecule has 0 radical (unpaired) electrons. The SMILES string of the molecule is Cc1cc(OCc2ccccc2N(C)N)c(Cl)cc1O. The predicted octanol–water partition coefficient (Wildman–Crippen LogP) is 3.24. The van der Waals surface area contributed by atoms with Crippen molar-refractivity contribution in [3.05, 3.63) is 52.5 Å². The third-order valence-corrected chi connectivity index (χ3v) is 3.30. The molecule has 0 aliphatic carbocycles. The van der Waals surface area contributed by atoms with Gasteiger partial charge in [-0.05, 0) is 24.6 Å². The minimum Gasteiger partial charge on any atom is -0.508 e. The summed E-state index contributed by atoms with van der Waals surface area (Å²) in [5.41, 5.74) is 2.56. The molecule has 20 heavy (non-hydrogen) atoms. The van der Waals surface area contributed by atoms with Crippen molar-refractivity contribution in [2.45, 2.75) is 13.5 Å². The molecule has 0 heterocycles. The normalized spacial score (nSPS) is 10.4. The maximum atomic E-state index is 9.56. The fourth-order valence-corrected chi connectivity index (χ4v) is 2.10. The molecule has 0 atom stereocenters. The van der Waals surface area contributed by atoms with E-state index in [1.165, 1.54) is 6.07 Å². The van der Waals surface area contributed by atoms with Gasteiger partial charge in [-0.2, -0.15) is 0 Å². The predicted molar refractivity (Wildman–Crippen MR) is 81.2 cm³/mol. The third kappa shape index (κ3) is 3.15. The topological polar surface area (TPSA) is 58.7 Å². The number of hydrazine groups is 1. The highest BCUT2D eigenvalue weighted by Gasteiger charge is 2.09. The summed E-state index contributed by atoms with van der Waals surface area (Å²) in [6, 6.07) is 10.9. The highest BCUT2D eigenvalue weighted by molar-refractivity contribution is 6.32. The number of benzene rings is 2. The molecule has 0 amide bonds. The minimum absolute atomic E-state index is 0.157. The molecule has 0 saturated carbocycles. The number of nitrogens with zero attached hydrogens (tertiary/aromatic N) is 1. The van der Waals surface area contributed by atoms with Crippen LogP contribution in [0.4, 0.5) is 5.69 Å². The lowest BCUT2D eigenvalue weighted by Gasteiger charge is -2.17. The number of hydrogen-bond donors (Lipinski definition) is 2. The van der Waals surface area contributed by atoms with Crippen LogP contribution in [-0.2, 0) is 6.61 Å². The fraction of sp³-hybridized carbons (Fsp3) is 0.200. The summed E-state index contributed by atoms with van der Waals surface area (Å²) in [6.45, 7) is 2.14. The van der Waals surface area contributed by atoms with Gasteiger partial charge in [0.25, 0.3) is 0 Å². The van der Waals surface area contributed by atoms with Crippen LogP contribution in [0.5, 0.6) is 11.5 Å². The molecule has 2 aromatic rings. The van der Waals surface area contributed by atoms with E-state index >= 15 is 0 Å². The lowest BCUT2D eigenvalue weighted by molar-refractivity contribution is 0.306. The van der Waals surface area contributed by atoms with Crippen molar-refractivity contribution in [3.63, 3.8) is 0 Å². The van der Waals surface area contributed by atoms with Crippen molar-refractivity contribution in [2.75, 3.05) is 12.1 Å². The second-order valence-corrected chi connectivity index (χ2v) is 5.00. The van der Waals surface area contributed by atoms with Crippen LogP contribution in [0.15, 0.2) is 36.4 Å². The molecule has 0 spiro atoms. The van der Waals surface area contributed by atoms with Gasteiger partial charge in [-0.3, -0.25) is 0 Å². The Hall–Kier alpha value is -1.91. The molecule has 106 valence electrons. The summed E-state index contributed by atoms with van der Waals surface area (Å²) in [7, 11) is 1.77. The first-order valence-electron chi connectivity index (χ1n) is 6.17. The highest BCUT2D eigenvalue weighted by atomic mass is 35.5. The zero-order valence-corrected chi connectivity index (χ0v) is 12.2. The van der Waals surface area contributed by atoms with Crippen molar-refractivity contribution < 1.29 is 9.84 Å². The number of phenolic OH excluding ortho intramolecular Hbond substituents is 1. The average molecular weight is 293 g/mol. The van der Waals surface area contributed by atoms with Gasteiger partial charge in [-0.1, -0.05) is 29.8 Å². The van der Waals surface area contributed by atoms with Crippen LogP contribution in [-0.4, -0.2) is 12.2 Å².